The van der Waals surface area contributed by atoms with Crippen LogP contribution in [0.15, 0.2) is 85.2 Å². The van der Waals surface area contributed by atoms with Crippen molar-refractivity contribution in [2.75, 3.05) is 0 Å². The van der Waals surface area contributed by atoms with Gasteiger partial charge in [0, 0.05) is 24.7 Å². The molecule has 4 aromatic rings. The molecule has 0 saturated heterocycles. The second-order valence-corrected chi connectivity index (χ2v) is 7.07. The maximum Gasteiger partial charge on any atom is 0.251 e. The summed E-state index contributed by atoms with van der Waals surface area (Å²) in [5, 5.41) is 2.91. The molecular weight excluding hydrogens is 443 g/mol. The number of halogens is 2. The highest BCUT2D eigenvalue weighted by atomic mass is 35.5. The SMILES string of the molecule is Cl.NCc1cc(Oc2cccc(C(=O)NCc3ccc(-c4ccc(F)cc4)cc3)c2)ncn1. The average molecular weight is 465 g/mol. The van der Waals surface area contributed by atoms with Crippen LogP contribution in [0.5, 0.6) is 11.6 Å². The van der Waals surface area contributed by atoms with Crippen LogP contribution in [0.25, 0.3) is 11.1 Å². The summed E-state index contributed by atoms with van der Waals surface area (Å²) in [6, 6.07) is 22.6. The summed E-state index contributed by atoms with van der Waals surface area (Å²) in [5.41, 5.74) is 9.58. The number of nitrogens with zero attached hydrogens (tertiary/aromatic N) is 2. The van der Waals surface area contributed by atoms with Crippen LogP contribution in [0.4, 0.5) is 4.39 Å². The van der Waals surface area contributed by atoms with Crippen LogP contribution in [0, 0.1) is 5.82 Å². The van der Waals surface area contributed by atoms with Crippen molar-refractivity contribution in [2.24, 2.45) is 5.73 Å². The van der Waals surface area contributed by atoms with E-state index < -0.39 is 0 Å². The number of aromatic nitrogens is 2. The first kappa shape index (κ1) is 23.8. The Bertz CT molecular complexity index is 1220. The summed E-state index contributed by atoms with van der Waals surface area (Å²) in [6.45, 7) is 0.658. The minimum absolute atomic E-state index is 0. The fourth-order valence-electron chi connectivity index (χ4n) is 3.11. The van der Waals surface area contributed by atoms with Crippen LogP contribution in [0.3, 0.4) is 0 Å². The molecule has 3 aromatic carbocycles. The molecule has 6 nitrogen and oxygen atoms in total. The molecule has 0 atom stereocenters. The van der Waals surface area contributed by atoms with Gasteiger partial charge in [-0.1, -0.05) is 42.5 Å². The van der Waals surface area contributed by atoms with Gasteiger partial charge >= 0.3 is 0 Å². The lowest BCUT2D eigenvalue weighted by Crippen LogP contribution is -2.22. The maximum atomic E-state index is 13.1. The molecule has 33 heavy (non-hydrogen) atoms. The van der Waals surface area contributed by atoms with Crippen LogP contribution in [0.2, 0.25) is 0 Å². The number of carbonyl (C=O) groups excluding carboxylic acids is 1. The van der Waals surface area contributed by atoms with E-state index in [9.17, 15) is 9.18 Å². The number of hydrogen-bond donors (Lipinski definition) is 2. The Hall–Kier alpha value is -3.81. The molecule has 1 aromatic heterocycles. The molecule has 0 saturated carbocycles. The summed E-state index contributed by atoms with van der Waals surface area (Å²) in [5.74, 6) is 0.366. The van der Waals surface area contributed by atoms with E-state index in [1.807, 2.05) is 24.3 Å². The predicted octanol–water partition coefficient (Wildman–Crippen LogP) is 4.89. The van der Waals surface area contributed by atoms with E-state index in [2.05, 4.69) is 15.3 Å². The van der Waals surface area contributed by atoms with Crippen molar-refractivity contribution in [1.82, 2.24) is 15.3 Å². The molecule has 8 heteroatoms. The summed E-state index contributed by atoms with van der Waals surface area (Å²) < 4.78 is 18.8. The summed E-state index contributed by atoms with van der Waals surface area (Å²) in [6.07, 6.45) is 1.38. The van der Waals surface area contributed by atoms with Gasteiger partial charge in [0.2, 0.25) is 5.88 Å². The molecule has 4 rings (SSSR count). The first-order valence-corrected chi connectivity index (χ1v) is 10.0. The Morgan fingerprint density at radius 1 is 0.939 bits per heavy atom. The van der Waals surface area contributed by atoms with Gasteiger partial charge < -0.3 is 15.8 Å². The highest BCUT2D eigenvalue weighted by Gasteiger charge is 2.08. The first-order valence-electron chi connectivity index (χ1n) is 10.0. The third-order valence-electron chi connectivity index (χ3n) is 4.81. The Morgan fingerprint density at radius 3 is 2.33 bits per heavy atom. The van der Waals surface area contributed by atoms with E-state index in [1.54, 1.807) is 42.5 Å². The molecule has 0 aliphatic rings. The zero-order valence-electron chi connectivity index (χ0n) is 17.6. The molecule has 0 spiro atoms. The van der Waals surface area contributed by atoms with Crippen molar-refractivity contribution >= 4 is 18.3 Å². The lowest BCUT2D eigenvalue weighted by Gasteiger charge is -2.09. The fraction of sp³-hybridized carbons (Fsp3) is 0.0800. The van der Waals surface area contributed by atoms with E-state index in [0.717, 1.165) is 16.7 Å². The molecule has 0 aliphatic heterocycles. The maximum absolute atomic E-state index is 13.1. The largest absolute Gasteiger partial charge is 0.439 e. The summed E-state index contributed by atoms with van der Waals surface area (Å²) in [4.78, 5) is 20.7. The molecule has 0 unspecified atom stereocenters. The number of benzene rings is 3. The zero-order valence-corrected chi connectivity index (χ0v) is 18.4. The smallest absolute Gasteiger partial charge is 0.251 e. The van der Waals surface area contributed by atoms with Gasteiger partial charge in [0.15, 0.2) is 0 Å². The lowest BCUT2D eigenvalue weighted by atomic mass is 10.0. The third kappa shape index (κ3) is 6.35. The molecule has 1 amide bonds. The van der Waals surface area contributed by atoms with Crippen molar-refractivity contribution < 1.29 is 13.9 Å². The quantitative estimate of drug-likeness (QED) is 0.406. The molecular formula is C25H22ClFN4O2. The van der Waals surface area contributed by atoms with Gasteiger partial charge in [0.1, 0.15) is 17.9 Å². The van der Waals surface area contributed by atoms with Crippen molar-refractivity contribution in [3.63, 3.8) is 0 Å². The van der Waals surface area contributed by atoms with Crippen molar-refractivity contribution in [2.45, 2.75) is 13.1 Å². The van der Waals surface area contributed by atoms with Crippen molar-refractivity contribution in [3.8, 4) is 22.8 Å². The van der Waals surface area contributed by atoms with Gasteiger partial charge in [-0.15, -0.1) is 12.4 Å². The molecule has 1 heterocycles. The normalized spacial score (nSPS) is 10.2. The minimum Gasteiger partial charge on any atom is -0.439 e. The number of hydrogen-bond acceptors (Lipinski definition) is 5. The first-order chi connectivity index (χ1) is 15.6. The van der Waals surface area contributed by atoms with E-state index in [0.29, 0.717) is 29.4 Å². The summed E-state index contributed by atoms with van der Waals surface area (Å²) in [7, 11) is 0. The van der Waals surface area contributed by atoms with Crippen molar-refractivity contribution in [1.29, 1.82) is 0 Å². The van der Waals surface area contributed by atoms with Crippen LogP contribution < -0.4 is 15.8 Å². The number of nitrogens with two attached hydrogens (primary N) is 1. The number of rotatable bonds is 7. The number of amides is 1. The van der Waals surface area contributed by atoms with E-state index in [4.69, 9.17) is 10.5 Å². The van der Waals surface area contributed by atoms with Gasteiger partial charge in [0.25, 0.3) is 5.91 Å². The molecule has 168 valence electrons. The molecule has 0 aliphatic carbocycles. The Balaban J connectivity index is 0.00000306. The van der Waals surface area contributed by atoms with Crippen LogP contribution in [-0.2, 0) is 13.1 Å². The Kier molecular flexibility index (Phi) is 8.07. The third-order valence-corrected chi connectivity index (χ3v) is 4.81. The monoisotopic (exact) mass is 464 g/mol. The van der Waals surface area contributed by atoms with Crippen LogP contribution in [0.1, 0.15) is 21.6 Å². The van der Waals surface area contributed by atoms with Gasteiger partial charge in [-0.2, -0.15) is 0 Å². The van der Waals surface area contributed by atoms with E-state index in [1.165, 1.54) is 18.5 Å². The van der Waals surface area contributed by atoms with Gasteiger partial charge in [-0.3, -0.25) is 4.79 Å². The molecule has 3 N–H and O–H groups in total. The van der Waals surface area contributed by atoms with Gasteiger partial charge in [-0.05, 0) is 47.0 Å². The molecule has 0 fully saturated rings. The average Bonchev–Trinajstić information content (AvgIpc) is 2.84. The predicted molar refractivity (Wildman–Crippen MR) is 127 cm³/mol. The highest BCUT2D eigenvalue weighted by Crippen LogP contribution is 2.22. The van der Waals surface area contributed by atoms with E-state index >= 15 is 0 Å². The summed E-state index contributed by atoms with van der Waals surface area (Å²) >= 11 is 0. The van der Waals surface area contributed by atoms with Gasteiger partial charge in [0.05, 0.1) is 5.69 Å². The van der Waals surface area contributed by atoms with Crippen LogP contribution >= 0.6 is 12.4 Å². The standard InChI is InChI=1S/C25H21FN4O2.ClH/c26-21-10-8-19(9-11-21)18-6-4-17(5-7-18)15-28-25(31)20-2-1-3-23(12-20)32-24-13-22(14-27)29-16-30-24;/h1-13,16H,14-15,27H2,(H,28,31);1H. The number of nitrogens with one attached hydrogen (secondary N) is 1. The molecule has 0 bridgehead atoms. The number of ether oxygens (including phenoxy) is 1. The molecule has 0 radical (unpaired) electrons. The second-order valence-electron chi connectivity index (χ2n) is 7.07. The van der Waals surface area contributed by atoms with E-state index in [-0.39, 0.29) is 30.7 Å². The number of carbonyl (C=O) groups is 1. The minimum atomic E-state index is -0.264. The Labute approximate surface area is 197 Å². The van der Waals surface area contributed by atoms with Gasteiger partial charge in [-0.25, -0.2) is 14.4 Å². The topological polar surface area (TPSA) is 90.1 Å². The second kappa shape index (κ2) is 11.2. The highest BCUT2D eigenvalue weighted by molar-refractivity contribution is 5.94. The zero-order chi connectivity index (χ0) is 22.3. The Morgan fingerprint density at radius 2 is 1.64 bits per heavy atom. The fourth-order valence-corrected chi connectivity index (χ4v) is 3.11. The van der Waals surface area contributed by atoms with Crippen molar-refractivity contribution in [3.05, 3.63) is 108 Å². The lowest BCUT2D eigenvalue weighted by molar-refractivity contribution is 0.0950. The van der Waals surface area contributed by atoms with Crippen LogP contribution in [-0.4, -0.2) is 15.9 Å².